The van der Waals surface area contributed by atoms with Gasteiger partial charge in [-0.05, 0) is 43.3 Å². The molecule has 1 fully saturated rings. The third-order valence-electron chi connectivity index (χ3n) is 3.66. The summed E-state index contributed by atoms with van der Waals surface area (Å²) >= 11 is 7.88. The Morgan fingerprint density at radius 3 is 2.81 bits per heavy atom. The van der Waals surface area contributed by atoms with E-state index in [1.54, 1.807) is 0 Å². The number of hydrogen-bond acceptors (Lipinski definition) is 4. The van der Waals surface area contributed by atoms with Gasteiger partial charge in [0.15, 0.2) is 0 Å². The van der Waals surface area contributed by atoms with E-state index in [9.17, 15) is 5.11 Å². The molecule has 21 heavy (non-hydrogen) atoms. The zero-order valence-electron chi connectivity index (χ0n) is 12.5. The number of aliphatic hydroxyl groups is 1. The summed E-state index contributed by atoms with van der Waals surface area (Å²) in [5, 5.41) is 10.9. The van der Waals surface area contributed by atoms with Crippen LogP contribution in [0.1, 0.15) is 25.0 Å². The summed E-state index contributed by atoms with van der Waals surface area (Å²) in [4.78, 5) is 2.33. The third-order valence-corrected chi connectivity index (χ3v) is 4.96. The minimum Gasteiger partial charge on any atom is -0.389 e. The molecule has 118 valence electrons. The highest BCUT2D eigenvalue weighted by Crippen LogP contribution is 2.19. The van der Waals surface area contributed by atoms with Crippen LogP contribution in [-0.2, 0) is 4.74 Å². The van der Waals surface area contributed by atoms with Crippen molar-refractivity contribution in [2.75, 3.05) is 37.7 Å². The SMILES string of the molecule is CC(OCC(O)CN1CCCSCC1)c1ccc(Cl)cc1. The lowest BCUT2D eigenvalue weighted by atomic mass is 10.1. The Morgan fingerprint density at radius 2 is 2.05 bits per heavy atom. The molecule has 0 bridgehead atoms. The molecule has 0 saturated carbocycles. The average molecular weight is 330 g/mol. The van der Waals surface area contributed by atoms with Crippen molar-refractivity contribution in [3.8, 4) is 0 Å². The molecule has 1 aliphatic rings. The fourth-order valence-corrected chi connectivity index (χ4v) is 3.47. The van der Waals surface area contributed by atoms with Crippen LogP contribution in [0.3, 0.4) is 0 Å². The first-order chi connectivity index (χ1) is 10.1. The second-order valence-electron chi connectivity index (χ2n) is 5.45. The summed E-state index contributed by atoms with van der Waals surface area (Å²) in [6.07, 6.45) is 0.749. The van der Waals surface area contributed by atoms with Gasteiger partial charge in [-0.1, -0.05) is 23.7 Å². The van der Waals surface area contributed by atoms with E-state index in [2.05, 4.69) is 4.90 Å². The van der Waals surface area contributed by atoms with E-state index in [1.807, 2.05) is 43.0 Å². The fourth-order valence-electron chi connectivity index (χ4n) is 2.42. The molecule has 1 aromatic rings. The van der Waals surface area contributed by atoms with Crippen LogP contribution in [-0.4, -0.2) is 53.9 Å². The zero-order chi connectivity index (χ0) is 15.1. The number of thioether (sulfide) groups is 1. The third kappa shape index (κ3) is 6.17. The number of ether oxygens (including phenoxy) is 1. The highest BCUT2D eigenvalue weighted by atomic mass is 35.5. The molecule has 0 amide bonds. The predicted molar refractivity (Wildman–Crippen MR) is 90.2 cm³/mol. The number of halogens is 1. The van der Waals surface area contributed by atoms with Gasteiger partial charge in [-0.3, -0.25) is 4.90 Å². The van der Waals surface area contributed by atoms with Crippen molar-refractivity contribution in [3.63, 3.8) is 0 Å². The van der Waals surface area contributed by atoms with Gasteiger partial charge < -0.3 is 9.84 Å². The van der Waals surface area contributed by atoms with Crippen LogP contribution in [0, 0.1) is 0 Å². The van der Waals surface area contributed by atoms with Crippen LogP contribution >= 0.6 is 23.4 Å². The standard InChI is InChI=1S/C16H24ClNO2S/c1-13(14-3-5-15(17)6-4-14)20-12-16(19)11-18-7-2-9-21-10-8-18/h3-6,13,16,19H,2,7-12H2,1H3. The lowest BCUT2D eigenvalue weighted by Crippen LogP contribution is -2.36. The lowest BCUT2D eigenvalue weighted by molar-refractivity contribution is -0.0149. The van der Waals surface area contributed by atoms with Crippen molar-refractivity contribution in [3.05, 3.63) is 34.9 Å². The molecular formula is C16H24ClNO2S. The van der Waals surface area contributed by atoms with Crippen molar-refractivity contribution in [2.24, 2.45) is 0 Å². The minimum absolute atomic E-state index is 0.0309. The van der Waals surface area contributed by atoms with E-state index in [0.29, 0.717) is 13.2 Å². The highest BCUT2D eigenvalue weighted by molar-refractivity contribution is 7.99. The maximum Gasteiger partial charge on any atom is 0.0900 e. The van der Waals surface area contributed by atoms with Crippen molar-refractivity contribution in [1.82, 2.24) is 4.90 Å². The monoisotopic (exact) mass is 329 g/mol. The average Bonchev–Trinajstić information content (AvgIpc) is 2.74. The first-order valence-electron chi connectivity index (χ1n) is 7.50. The molecule has 1 heterocycles. The van der Waals surface area contributed by atoms with Crippen molar-refractivity contribution >= 4 is 23.4 Å². The fraction of sp³-hybridized carbons (Fsp3) is 0.625. The van der Waals surface area contributed by atoms with Gasteiger partial charge in [-0.15, -0.1) is 0 Å². The zero-order valence-corrected chi connectivity index (χ0v) is 14.1. The van der Waals surface area contributed by atoms with Gasteiger partial charge in [0, 0.05) is 23.9 Å². The van der Waals surface area contributed by atoms with Gasteiger partial charge in [0.05, 0.1) is 18.8 Å². The van der Waals surface area contributed by atoms with Crippen LogP contribution in [0.4, 0.5) is 0 Å². The van der Waals surface area contributed by atoms with E-state index in [0.717, 1.165) is 29.4 Å². The molecule has 1 saturated heterocycles. The molecule has 2 unspecified atom stereocenters. The Balaban J connectivity index is 1.72. The first kappa shape index (κ1) is 17.1. The molecular weight excluding hydrogens is 306 g/mol. The van der Waals surface area contributed by atoms with Gasteiger partial charge in [-0.2, -0.15) is 11.8 Å². The second-order valence-corrected chi connectivity index (χ2v) is 7.11. The quantitative estimate of drug-likeness (QED) is 0.868. The van der Waals surface area contributed by atoms with E-state index < -0.39 is 6.10 Å². The molecule has 5 heteroatoms. The predicted octanol–water partition coefficient (Wildman–Crippen LogP) is 3.22. The number of benzene rings is 1. The van der Waals surface area contributed by atoms with Gasteiger partial charge in [0.2, 0.25) is 0 Å². The summed E-state index contributed by atoms with van der Waals surface area (Å²) < 4.78 is 5.78. The molecule has 1 aromatic carbocycles. The Hall–Kier alpha value is -0.260. The van der Waals surface area contributed by atoms with Crippen LogP contribution in [0.15, 0.2) is 24.3 Å². The van der Waals surface area contributed by atoms with Gasteiger partial charge >= 0.3 is 0 Å². The molecule has 1 N–H and O–H groups in total. The Labute approximate surface area is 136 Å². The molecule has 0 radical (unpaired) electrons. The van der Waals surface area contributed by atoms with E-state index in [4.69, 9.17) is 16.3 Å². The smallest absolute Gasteiger partial charge is 0.0900 e. The van der Waals surface area contributed by atoms with E-state index >= 15 is 0 Å². The molecule has 1 aliphatic heterocycles. The maximum absolute atomic E-state index is 10.1. The number of rotatable bonds is 6. The molecule has 2 rings (SSSR count). The molecule has 0 aliphatic carbocycles. The summed E-state index contributed by atoms with van der Waals surface area (Å²) in [5.74, 6) is 2.39. The lowest BCUT2D eigenvalue weighted by Gasteiger charge is -2.24. The van der Waals surface area contributed by atoms with Crippen LogP contribution in [0.5, 0.6) is 0 Å². The van der Waals surface area contributed by atoms with E-state index in [-0.39, 0.29) is 6.10 Å². The molecule has 3 nitrogen and oxygen atoms in total. The van der Waals surface area contributed by atoms with Crippen molar-refractivity contribution in [2.45, 2.75) is 25.6 Å². The van der Waals surface area contributed by atoms with Crippen molar-refractivity contribution < 1.29 is 9.84 Å². The summed E-state index contributed by atoms with van der Waals surface area (Å²) in [5.41, 5.74) is 1.08. The Kier molecular flexibility index (Phi) is 7.34. The van der Waals surface area contributed by atoms with Crippen LogP contribution < -0.4 is 0 Å². The first-order valence-corrected chi connectivity index (χ1v) is 9.03. The number of aliphatic hydroxyl groups excluding tert-OH is 1. The van der Waals surface area contributed by atoms with Crippen LogP contribution in [0.25, 0.3) is 0 Å². The van der Waals surface area contributed by atoms with Crippen molar-refractivity contribution in [1.29, 1.82) is 0 Å². The second kappa shape index (κ2) is 9.01. The summed E-state index contributed by atoms with van der Waals surface area (Å²) in [7, 11) is 0. The molecule has 0 aromatic heterocycles. The number of nitrogens with zero attached hydrogens (tertiary/aromatic N) is 1. The van der Waals surface area contributed by atoms with Gasteiger partial charge in [0.25, 0.3) is 0 Å². The maximum atomic E-state index is 10.1. The Morgan fingerprint density at radius 1 is 1.29 bits per heavy atom. The largest absolute Gasteiger partial charge is 0.389 e. The Bertz CT molecular complexity index is 407. The highest BCUT2D eigenvalue weighted by Gasteiger charge is 2.15. The number of β-amino-alcohol motifs (C(OH)–C–C–N with tert-alkyl or cyclic N) is 1. The van der Waals surface area contributed by atoms with Gasteiger partial charge in [-0.25, -0.2) is 0 Å². The topological polar surface area (TPSA) is 32.7 Å². The number of hydrogen-bond donors (Lipinski definition) is 1. The summed E-state index contributed by atoms with van der Waals surface area (Å²) in [6, 6.07) is 7.65. The minimum atomic E-state index is -0.428. The van der Waals surface area contributed by atoms with Gasteiger partial charge in [0.1, 0.15) is 0 Å². The normalized spacial score (nSPS) is 20.0. The molecule has 2 atom stereocenters. The summed E-state index contributed by atoms with van der Waals surface area (Å²) in [6.45, 7) is 5.21. The van der Waals surface area contributed by atoms with E-state index in [1.165, 1.54) is 12.2 Å². The molecule has 0 spiro atoms. The van der Waals surface area contributed by atoms with Crippen LogP contribution in [0.2, 0.25) is 5.02 Å².